The Labute approximate surface area is 126 Å². The van der Waals surface area contributed by atoms with Crippen molar-refractivity contribution in [2.24, 2.45) is 0 Å². The number of hydrogen-bond acceptors (Lipinski definition) is 4. The second kappa shape index (κ2) is 7.44. The molecule has 1 N–H and O–H groups in total. The fourth-order valence-corrected chi connectivity index (χ4v) is 2.55. The third-order valence-electron chi connectivity index (χ3n) is 2.72. The first kappa shape index (κ1) is 15.1. The number of nitrogens with zero attached hydrogens (tertiary/aromatic N) is 1. The van der Waals surface area contributed by atoms with E-state index in [1.54, 1.807) is 12.1 Å². The first-order valence-electron chi connectivity index (χ1n) is 6.32. The largest absolute Gasteiger partial charge is 0.320 e. The summed E-state index contributed by atoms with van der Waals surface area (Å²) in [4.78, 5) is 22.2. The van der Waals surface area contributed by atoms with Crippen LogP contribution in [0.3, 0.4) is 0 Å². The zero-order valence-corrected chi connectivity index (χ0v) is 12.0. The third kappa shape index (κ3) is 4.61. The Morgan fingerprint density at radius 1 is 1.10 bits per heavy atom. The van der Waals surface area contributed by atoms with E-state index in [4.69, 9.17) is 0 Å². The number of nitrogens with one attached hydrogen (secondary N) is 1. The first-order valence-corrected chi connectivity index (χ1v) is 7.47. The molecule has 0 unspecified atom stereocenters. The average Bonchev–Trinajstić information content (AvgIpc) is 2.48. The number of thioether (sulfide) groups is 1. The van der Waals surface area contributed by atoms with Gasteiger partial charge >= 0.3 is 0 Å². The van der Waals surface area contributed by atoms with Gasteiger partial charge in [0.2, 0.25) is 5.91 Å². The van der Waals surface area contributed by atoms with Gasteiger partial charge in [-0.15, -0.1) is 11.8 Å². The number of nitro groups is 1. The summed E-state index contributed by atoms with van der Waals surface area (Å²) in [6, 6.07) is 15.9. The lowest BCUT2D eigenvalue weighted by Gasteiger charge is -2.05. The molecule has 0 aromatic heterocycles. The number of rotatable bonds is 6. The second-order valence-electron chi connectivity index (χ2n) is 4.30. The fraction of sp³-hybridized carbons (Fsp3) is 0.133. The maximum absolute atomic E-state index is 11.8. The standard InChI is InChI=1S/C15H14N2O3S/c18-15(11-21-10-12-6-2-1-3-7-12)16-13-8-4-5-9-14(13)17(19)20/h1-9H,10-11H2,(H,16,18). The van der Waals surface area contributed by atoms with Gasteiger partial charge in [0.15, 0.2) is 0 Å². The number of para-hydroxylation sites is 2. The van der Waals surface area contributed by atoms with E-state index in [2.05, 4.69) is 5.32 Å². The summed E-state index contributed by atoms with van der Waals surface area (Å²) in [5.74, 6) is 0.733. The highest BCUT2D eigenvalue weighted by atomic mass is 32.2. The van der Waals surface area contributed by atoms with Crippen molar-refractivity contribution in [1.29, 1.82) is 0 Å². The van der Waals surface area contributed by atoms with Gasteiger partial charge in [-0.1, -0.05) is 42.5 Å². The van der Waals surface area contributed by atoms with E-state index in [1.165, 1.54) is 23.9 Å². The van der Waals surface area contributed by atoms with Crippen molar-refractivity contribution in [3.63, 3.8) is 0 Å². The smallest absolute Gasteiger partial charge is 0.292 e. The SMILES string of the molecule is O=C(CSCc1ccccc1)Nc1ccccc1[N+](=O)[O-]. The maximum Gasteiger partial charge on any atom is 0.292 e. The van der Waals surface area contributed by atoms with E-state index in [9.17, 15) is 14.9 Å². The molecule has 0 aliphatic heterocycles. The summed E-state index contributed by atoms with van der Waals surface area (Å²) in [5, 5.41) is 13.4. The van der Waals surface area contributed by atoms with Crippen molar-refractivity contribution >= 4 is 29.0 Å². The van der Waals surface area contributed by atoms with Crippen molar-refractivity contribution in [1.82, 2.24) is 0 Å². The predicted molar refractivity (Wildman–Crippen MR) is 84.3 cm³/mol. The minimum absolute atomic E-state index is 0.0982. The lowest BCUT2D eigenvalue weighted by molar-refractivity contribution is -0.383. The van der Waals surface area contributed by atoms with Crippen LogP contribution >= 0.6 is 11.8 Å². The lowest BCUT2D eigenvalue weighted by atomic mass is 10.2. The highest BCUT2D eigenvalue weighted by Gasteiger charge is 2.14. The molecule has 0 saturated carbocycles. The Bertz CT molecular complexity index is 632. The molecule has 0 heterocycles. The van der Waals surface area contributed by atoms with Gasteiger partial charge in [-0.05, 0) is 11.6 Å². The average molecular weight is 302 g/mol. The summed E-state index contributed by atoms with van der Waals surface area (Å²) in [7, 11) is 0. The molecule has 0 fully saturated rings. The van der Waals surface area contributed by atoms with Gasteiger partial charge < -0.3 is 5.32 Å². The zero-order valence-electron chi connectivity index (χ0n) is 11.2. The Kier molecular flexibility index (Phi) is 5.34. The third-order valence-corrected chi connectivity index (χ3v) is 3.72. The molecule has 0 radical (unpaired) electrons. The summed E-state index contributed by atoms with van der Waals surface area (Å²) >= 11 is 1.47. The van der Waals surface area contributed by atoms with Crippen molar-refractivity contribution in [2.75, 3.05) is 11.1 Å². The summed E-state index contributed by atoms with van der Waals surface area (Å²) in [6.07, 6.45) is 0. The van der Waals surface area contributed by atoms with Crippen LogP contribution < -0.4 is 5.32 Å². The van der Waals surface area contributed by atoms with Crippen LogP contribution in [0.15, 0.2) is 54.6 Å². The van der Waals surface area contributed by atoms with Crippen LogP contribution in [-0.4, -0.2) is 16.6 Å². The molecule has 108 valence electrons. The topological polar surface area (TPSA) is 72.2 Å². The molecule has 0 atom stereocenters. The number of nitro benzene ring substituents is 1. The van der Waals surface area contributed by atoms with Crippen molar-refractivity contribution < 1.29 is 9.72 Å². The van der Waals surface area contributed by atoms with Crippen LogP contribution in [0.25, 0.3) is 0 Å². The molecule has 21 heavy (non-hydrogen) atoms. The van der Waals surface area contributed by atoms with E-state index < -0.39 is 4.92 Å². The maximum atomic E-state index is 11.8. The molecule has 0 saturated heterocycles. The number of benzene rings is 2. The Balaban J connectivity index is 1.86. The fourth-order valence-electron chi connectivity index (χ4n) is 1.76. The Morgan fingerprint density at radius 2 is 1.76 bits per heavy atom. The van der Waals surface area contributed by atoms with Crippen LogP contribution in [0.1, 0.15) is 5.56 Å². The summed E-state index contributed by atoms with van der Waals surface area (Å²) in [5.41, 5.74) is 1.27. The van der Waals surface area contributed by atoms with Gasteiger partial charge in [-0.2, -0.15) is 0 Å². The Hall–Kier alpha value is -2.34. The molecule has 6 heteroatoms. The van der Waals surface area contributed by atoms with Gasteiger partial charge in [0.1, 0.15) is 5.69 Å². The van der Waals surface area contributed by atoms with Crippen LogP contribution in [0.2, 0.25) is 0 Å². The quantitative estimate of drug-likeness (QED) is 0.655. The van der Waals surface area contributed by atoms with Gasteiger partial charge in [0, 0.05) is 11.8 Å². The second-order valence-corrected chi connectivity index (χ2v) is 5.29. The van der Waals surface area contributed by atoms with Crippen LogP contribution in [-0.2, 0) is 10.5 Å². The van der Waals surface area contributed by atoms with Gasteiger partial charge in [-0.3, -0.25) is 14.9 Å². The number of carbonyl (C=O) groups excluding carboxylic acids is 1. The molecule has 1 amide bonds. The van der Waals surface area contributed by atoms with E-state index in [0.29, 0.717) is 0 Å². The molecule has 2 aromatic carbocycles. The van der Waals surface area contributed by atoms with Gasteiger partial charge in [0.05, 0.1) is 10.7 Å². The molecular formula is C15H14N2O3S. The van der Waals surface area contributed by atoms with Gasteiger partial charge in [-0.25, -0.2) is 0 Å². The highest BCUT2D eigenvalue weighted by molar-refractivity contribution is 7.99. The van der Waals surface area contributed by atoms with Crippen molar-refractivity contribution in [3.8, 4) is 0 Å². The predicted octanol–water partition coefficient (Wildman–Crippen LogP) is 3.47. The van der Waals surface area contributed by atoms with Gasteiger partial charge in [0.25, 0.3) is 5.69 Å². The number of carbonyl (C=O) groups is 1. The monoisotopic (exact) mass is 302 g/mol. The number of anilines is 1. The van der Waals surface area contributed by atoms with E-state index in [-0.39, 0.29) is 23.0 Å². The zero-order chi connectivity index (χ0) is 15.1. The van der Waals surface area contributed by atoms with E-state index in [1.807, 2.05) is 30.3 Å². The highest BCUT2D eigenvalue weighted by Crippen LogP contribution is 2.23. The molecule has 2 rings (SSSR count). The van der Waals surface area contributed by atoms with Crippen LogP contribution in [0.4, 0.5) is 11.4 Å². The summed E-state index contributed by atoms with van der Waals surface area (Å²) < 4.78 is 0. The molecule has 0 aliphatic rings. The molecule has 0 spiro atoms. The van der Waals surface area contributed by atoms with Crippen LogP contribution in [0.5, 0.6) is 0 Å². The normalized spacial score (nSPS) is 10.1. The minimum atomic E-state index is -0.507. The molecule has 5 nitrogen and oxygen atoms in total. The van der Waals surface area contributed by atoms with E-state index >= 15 is 0 Å². The lowest BCUT2D eigenvalue weighted by Crippen LogP contribution is -2.15. The molecule has 0 aliphatic carbocycles. The van der Waals surface area contributed by atoms with E-state index in [0.717, 1.165) is 11.3 Å². The van der Waals surface area contributed by atoms with Crippen molar-refractivity contribution in [3.05, 3.63) is 70.3 Å². The first-order chi connectivity index (χ1) is 10.2. The number of hydrogen-bond donors (Lipinski definition) is 1. The molecule has 2 aromatic rings. The number of amides is 1. The Morgan fingerprint density at radius 3 is 2.48 bits per heavy atom. The summed E-state index contributed by atoms with van der Waals surface area (Å²) in [6.45, 7) is 0. The van der Waals surface area contributed by atoms with Crippen LogP contribution in [0, 0.1) is 10.1 Å². The molecular weight excluding hydrogens is 288 g/mol. The minimum Gasteiger partial charge on any atom is -0.320 e. The molecule has 0 bridgehead atoms. The van der Waals surface area contributed by atoms with Crippen molar-refractivity contribution in [2.45, 2.75) is 5.75 Å².